The molecule has 0 atom stereocenters. The summed E-state index contributed by atoms with van der Waals surface area (Å²) in [5, 5.41) is 1.01. The number of likely N-dealkylation sites (tertiary alicyclic amines) is 1. The summed E-state index contributed by atoms with van der Waals surface area (Å²) in [6.07, 6.45) is 6.69. The molecule has 7 nitrogen and oxygen atoms in total. The lowest BCUT2D eigenvalue weighted by Gasteiger charge is -2.32. The van der Waals surface area contributed by atoms with Gasteiger partial charge in [-0.2, -0.15) is 0 Å². The minimum Gasteiger partial charge on any atom is -0.345 e. The normalized spacial score (nSPS) is 15.8. The second kappa shape index (κ2) is 8.75. The van der Waals surface area contributed by atoms with Gasteiger partial charge in [-0.05, 0) is 73.3 Å². The van der Waals surface area contributed by atoms with Crippen LogP contribution in [0.25, 0.3) is 16.7 Å². The number of aromatic nitrogens is 3. The van der Waals surface area contributed by atoms with Crippen molar-refractivity contribution in [2.75, 3.05) is 27.2 Å². The molecule has 6 rings (SSSR count). The molecule has 36 heavy (non-hydrogen) atoms. The van der Waals surface area contributed by atoms with E-state index in [0.717, 1.165) is 72.3 Å². The molecule has 1 amide bonds. The Kier molecular flexibility index (Phi) is 5.52. The van der Waals surface area contributed by atoms with E-state index in [1.807, 2.05) is 30.5 Å². The van der Waals surface area contributed by atoms with E-state index < -0.39 is 0 Å². The van der Waals surface area contributed by atoms with Crippen molar-refractivity contribution in [3.05, 3.63) is 93.2 Å². The SMILES string of the molecule is CN(C)C(=O)c1ccc(C2CCN(Cc3cc4c(-n5ccc6c(c5=O)C6)ccnc4n3C)CC2)cc1. The average Bonchev–Trinajstić information content (AvgIpc) is 3.63. The zero-order valence-corrected chi connectivity index (χ0v) is 21.1. The van der Waals surface area contributed by atoms with Crippen molar-refractivity contribution < 1.29 is 4.79 Å². The maximum atomic E-state index is 12.8. The van der Waals surface area contributed by atoms with Crippen molar-refractivity contribution in [2.45, 2.75) is 31.7 Å². The maximum absolute atomic E-state index is 12.8. The van der Waals surface area contributed by atoms with Gasteiger partial charge in [0, 0.05) is 68.7 Å². The molecule has 1 aliphatic carbocycles. The van der Waals surface area contributed by atoms with E-state index in [2.05, 4.69) is 39.7 Å². The molecule has 0 N–H and O–H groups in total. The fraction of sp³-hybridized carbons (Fsp3) is 0.345. The molecule has 1 aliphatic heterocycles. The van der Waals surface area contributed by atoms with Gasteiger partial charge < -0.3 is 9.47 Å². The van der Waals surface area contributed by atoms with Gasteiger partial charge in [0.25, 0.3) is 11.5 Å². The second-order valence-electron chi connectivity index (χ2n) is 10.3. The predicted octanol–water partition coefficient (Wildman–Crippen LogP) is 3.71. The number of nitrogens with zero attached hydrogens (tertiary/aromatic N) is 5. The molecule has 3 aromatic heterocycles. The minimum atomic E-state index is 0.0408. The molecular formula is C29H31N5O2. The summed E-state index contributed by atoms with van der Waals surface area (Å²) in [6.45, 7) is 2.90. The summed E-state index contributed by atoms with van der Waals surface area (Å²) >= 11 is 0. The van der Waals surface area contributed by atoms with Crippen LogP contribution in [-0.2, 0) is 20.0 Å². The summed E-state index contributed by atoms with van der Waals surface area (Å²) in [5.41, 5.74) is 7.24. The van der Waals surface area contributed by atoms with Gasteiger partial charge in [0.1, 0.15) is 5.65 Å². The minimum absolute atomic E-state index is 0.0408. The zero-order chi connectivity index (χ0) is 25.0. The quantitative estimate of drug-likeness (QED) is 0.384. The average molecular weight is 482 g/mol. The molecule has 1 fully saturated rings. The molecule has 184 valence electrons. The van der Waals surface area contributed by atoms with Crippen LogP contribution < -0.4 is 5.56 Å². The molecule has 0 saturated carbocycles. The number of fused-ring (bicyclic) bond motifs is 2. The van der Waals surface area contributed by atoms with Crippen LogP contribution in [0.4, 0.5) is 0 Å². The number of pyridine rings is 2. The van der Waals surface area contributed by atoms with E-state index in [4.69, 9.17) is 0 Å². The molecule has 0 radical (unpaired) electrons. The zero-order valence-electron chi connectivity index (χ0n) is 21.1. The highest BCUT2D eigenvalue weighted by Gasteiger charge is 2.25. The van der Waals surface area contributed by atoms with E-state index in [-0.39, 0.29) is 11.5 Å². The van der Waals surface area contributed by atoms with Gasteiger partial charge in [-0.1, -0.05) is 12.1 Å². The molecule has 1 saturated heterocycles. The highest BCUT2D eigenvalue weighted by molar-refractivity contribution is 5.93. The first-order valence-corrected chi connectivity index (χ1v) is 12.6. The Labute approximate surface area is 210 Å². The summed E-state index contributed by atoms with van der Waals surface area (Å²) < 4.78 is 3.92. The Bertz CT molecular complexity index is 1520. The van der Waals surface area contributed by atoms with Crippen molar-refractivity contribution in [2.24, 2.45) is 7.05 Å². The van der Waals surface area contributed by atoms with E-state index in [9.17, 15) is 9.59 Å². The Morgan fingerprint density at radius 2 is 1.83 bits per heavy atom. The van der Waals surface area contributed by atoms with Crippen LogP contribution >= 0.6 is 0 Å². The molecular weight excluding hydrogens is 450 g/mol. The summed E-state index contributed by atoms with van der Waals surface area (Å²) in [6, 6.07) is 14.3. The molecule has 0 bridgehead atoms. The second-order valence-corrected chi connectivity index (χ2v) is 10.3. The molecule has 4 heterocycles. The molecule has 0 unspecified atom stereocenters. The molecule has 2 aliphatic rings. The van der Waals surface area contributed by atoms with Gasteiger partial charge in [0.15, 0.2) is 0 Å². The lowest BCUT2D eigenvalue weighted by atomic mass is 9.89. The Hall–Kier alpha value is -3.71. The maximum Gasteiger partial charge on any atom is 0.258 e. The smallest absolute Gasteiger partial charge is 0.258 e. The molecule has 1 aromatic carbocycles. The van der Waals surface area contributed by atoms with Crippen LogP contribution in [0.3, 0.4) is 0 Å². The first kappa shape index (κ1) is 22.7. The number of carbonyl (C=O) groups excluding carboxylic acids is 1. The first-order valence-electron chi connectivity index (χ1n) is 12.6. The summed E-state index contributed by atoms with van der Waals surface area (Å²) in [4.78, 5) is 33.7. The number of rotatable bonds is 5. The Morgan fingerprint density at radius 3 is 2.56 bits per heavy atom. The molecule has 4 aromatic rings. The van der Waals surface area contributed by atoms with Crippen LogP contribution in [0.5, 0.6) is 0 Å². The van der Waals surface area contributed by atoms with E-state index in [1.165, 1.54) is 11.3 Å². The van der Waals surface area contributed by atoms with Crippen LogP contribution in [0.1, 0.15) is 51.5 Å². The number of piperidine rings is 1. The van der Waals surface area contributed by atoms with Gasteiger partial charge >= 0.3 is 0 Å². The number of aryl methyl sites for hydroxylation is 1. The lowest BCUT2D eigenvalue weighted by molar-refractivity contribution is 0.0827. The van der Waals surface area contributed by atoms with Crippen molar-refractivity contribution in [3.8, 4) is 5.69 Å². The van der Waals surface area contributed by atoms with Crippen molar-refractivity contribution in [3.63, 3.8) is 0 Å². The van der Waals surface area contributed by atoms with Crippen LogP contribution in [-0.4, -0.2) is 57.0 Å². The Morgan fingerprint density at radius 1 is 1.08 bits per heavy atom. The number of hydrogen-bond donors (Lipinski definition) is 0. The predicted molar refractivity (Wildman–Crippen MR) is 141 cm³/mol. The molecule has 0 spiro atoms. The van der Waals surface area contributed by atoms with E-state index in [0.29, 0.717) is 5.92 Å². The third-order valence-corrected chi connectivity index (χ3v) is 7.81. The fourth-order valence-electron chi connectivity index (χ4n) is 5.51. The van der Waals surface area contributed by atoms with Crippen molar-refractivity contribution >= 4 is 16.9 Å². The van der Waals surface area contributed by atoms with Gasteiger partial charge in [-0.25, -0.2) is 4.98 Å². The van der Waals surface area contributed by atoms with Crippen LogP contribution in [0.15, 0.2) is 59.7 Å². The highest BCUT2D eigenvalue weighted by Crippen LogP contribution is 2.31. The van der Waals surface area contributed by atoms with Crippen molar-refractivity contribution in [1.29, 1.82) is 0 Å². The summed E-state index contributed by atoms with van der Waals surface area (Å²) in [5.74, 6) is 0.558. The van der Waals surface area contributed by atoms with Gasteiger partial charge in [0.2, 0.25) is 0 Å². The number of amides is 1. The fourth-order valence-corrected chi connectivity index (χ4v) is 5.51. The first-order chi connectivity index (χ1) is 17.4. The highest BCUT2D eigenvalue weighted by atomic mass is 16.2. The standard InChI is InChI=1S/C29H31N5O2/c1-31(2)28(35)21-6-4-19(5-7-21)20-9-13-33(14-10-20)18-23-17-25-26(8-12-30-27(25)32(23)3)34-15-11-22-16-24(22)29(34)36/h4-8,11-12,15,17,20H,9-10,13-14,16,18H2,1-3H3. The number of benzene rings is 1. The third-order valence-electron chi connectivity index (χ3n) is 7.81. The van der Waals surface area contributed by atoms with Gasteiger partial charge in [-0.15, -0.1) is 0 Å². The van der Waals surface area contributed by atoms with Gasteiger partial charge in [0.05, 0.1) is 5.69 Å². The molecule has 7 heteroatoms. The van der Waals surface area contributed by atoms with E-state index in [1.54, 1.807) is 29.8 Å². The topological polar surface area (TPSA) is 63.4 Å². The van der Waals surface area contributed by atoms with Gasteiger partial charge in [-0.3, -0.25) is 19.1 Å². The lowest BCUT2D eigenvalue weighted by Crippen LogP contribution is -2.33. The van der Waals surface area contributed by atoms with Crippen LogP contribution in [0, 0.1) is 0 Å². The third kappa shape index (κ3) is 3.93. The largest absolute Gasteiger partial charge is 0.345 e. The Balaban J connectivity index is 1.17. The van der Waals surface area contributed by atoms with E-state index >= 15 is 0 Å². The summed E-state index contributed by atoms with van der Waals surface area (Å²) in [7, 11) is 5.62. The number of hydrogen-bond acceptors (Lipinski definition) is 4. The van der Waals surface area contributed by atoms with Crippen molar-refractivity contribution in [1.82, 2.24) is 23.9 Å². The monoisotopic (exact) mass is 481 g/mol. The van der Waals surface area contributed by atoms with Crippen LogP contribution in [0.2, 0.25) is 0 Å². The number of carbonyl (C=O) groups is 1.